The average Bonchev–Trinajstić information content (AvgIpc) is 2.59. The third-order valence-corrected chi connectivity index (χ3v) is 3.95. The molecule has 8 nitrogen and oxygen atoms in total. The molecule has 1 unspecified atom stereocenters. The highest BCUT2D eigenvalue weighted by Gasteiger charge is 2.49. The molecule has 0 bridgehead atoms. The number of methoxy groups -OCH3 is 2. The number of rotatable bonds is 7. The number of hydrogen-bond acceptors (Lipinski definition) is 7. The Hall–Kier alpha value is -2.64. The summed E-state index contributed by atoms with van der Waals surface area (Å²) < 4.78 is 9.37. The molecule has 0 spiro atoms. The van der Waals surface area contributed by atoms with Crippen LogP contribution in [0.15, 0.2) is 24.5 Å². The third kappa shape index (κ3) is 4.21. The van der Waals surface area contributed by atoms with Crippen molar-refractivity contribution in [2.45, 2.75) is 19.9 Å². The van der Waals surface area contributed by atoms with Gasteiger partial charge in [0.15, 0.2) is 5.41 Å². The lowest BCUT2D eigenvalue weighted by molar-refractivity contribution is -0.169. The van der Waals surface area contributed by atoms with E-state index in [4.69, 9.17) is 0 Å². The van der Waals surface area contributed by atoms with Gasteiger partial charge in [-0.2, -0.15) is 0 Å². The summed E-state index contributed by atoms with van der Waals surface area (Å²) in [6.45, 7) is 2.98. The molecular formula is C16H23N3O5. The molecule has 0 fully saturated rings. The molecule has 132 valence electrons. The largest absolute Gasteiger partial charge is 0.468 e. The lowest BCUT2D eigenvalue weighted by Crippen LogP contribution is -2.55. The van der Waals surface area contributed by atoms with Gasteiger partial charge in [-0.3, -0.25) is 19.4 Å². The number of esters is 2. The molecule has 8 heteroatoms. The monoisotopic (exact) mass is 337 g/mol. The molecule has 1 heterocycles. The first-order valence-corrected chi connectivity index (χ1v) is 7.34. The van der Waals surface area contributed by atoms with Gasteiger partial charge in [-0.1, -0.05) is 0 Å². The van der Waals surface area contributed by atoms with Crippen molar-refractivity contribution in [2.24, 2.45) is 5.41 Å². The molecule has 1 amide bonds. The van der Waals surface area contributed by atoms with Gasteiger partial charge < -0.3 is 19.7 Å². The summed E-state index contributed by atoms with van der Waals surface area (Å²) in [5.41, 5.74) is -0.814. The fourth-order valence-corrected chi connectivity index (χ4v) is 2.20. The van der Waals surface area contributed by atoms with Gasteiger partial charge in [0.05, 0.1) is 26.8 Å². The van der Waals surface area contributed by atoms with E-state index in [1.807, 2.05) is 0 Å². The van der Waals surface area contributed by atoms with Crippen LogP contribution < -0.4 is 10.2 Å². The van der Waals surface area contributed by atoms with E-state index in [1.165, 1.54) is 21.1 Å². The number of anilines is 1. The molecule has 0 aliphatic heterocycles. The lowest BCUT2D eigenvalue weighted by Gasteiger charge is -2.31. The summed E-state index contributed by atoms with van der Waals surface area (Å²) in [7, 11) is 4.10. The van der Waals surface area contributed by atoms with Crippen LogP contribution in [-0.2, 0) is 23.9 Å². The molecule has 1 aromatic rings. The van der Waals surface area contributed by atoms with Crippen molar-refractivity contribution in [3.8, 4) is 0 Å². The zero-order valence-electron chi connectivity index (χ0n) is 14.5. The number of nitrogens with zero attached hydrogens (tertiary/aromatic N) is 2. The topological polar surface area (TPSA) is 97.8 Å². The molecule has 24 heavy (non-hydrogen) atoms. The predicted octanol–water partition coefficient (Wildman–Crippen LogP) is 0.375. The first-order chi connectivity index (χ1) is 11.3. The SMILES string of the molecule is COC(=O)C(C)(C(=O)OC)C(C)NC(=O)CN(C)c1ccncc1. The molecule has 0 saturated carbocycles. The van der Waals surface area contributed by atoms with Gasteiger partial charge in [0.25, 0.3) is 0 Å². The summed E-state index contributed by atoms with van der Waals surface area (Å²) in [5, 5.41) is 2.65. The first-order valence-electron chi connectivity index (χ1n) is 7.34. The van der Waals surface area contributed by atoms with Crippen LogP contribution in [0.2, 0.25) is 0 Å². The van der Waals surface area contributed by atoms with E-state index >= 15 is 0 Å². The van der Waals surface area contributed by atoms with E-state index in [0.717, 1.165) is 5.69 Å². The van der Waals surface area contributed by atoms with E-state index in [1.54, 1.807) is 43.4 Å². The van der Waals surface area contributed by atoms with Crippen LogP contribution in [0, 0.1) is 5.41 Å². The maximum atomic E-state index is 12.2. The Kier molecular flexibility index (Phi) is 6.69. The highest BCUT2D eigenvalue weighted by atomic mass is 16.5. The van der Waals surface area contributed by atoms with Crippen LogP contribution in [-0.4, -0.2) is 56.7 Å². The van der Waals surface area contributed by atoms with E-state index in [0.29, 0.717) is 0 Å². The van der Waals surface area contributed by atoms with E-state index in [9.17, 15) is 14.4 Å². The average molecular weight is 337 g/mol. The van der Waals surface area contributed by atoms with Crippen molar-refractivity contribution in [2.75, 3.05) is 32.7 Å². The fourth-order valence-electron chi connectivity index (χ4n) is 2.20. The van der Waals surface area contributed by atoms with Crippen LogP contribution in [0.1, 0.15) is 13.8 Å². The Balaban J connectivity index is 2.80. The first kappa shape index (κ1) is 19.4. The second kappa shape index (κ2) is 8.28. The van der Waals surface area contributed by atoms with Gasteiger partial charge >= 0.3 is 11.9 Å². The minimum Gasteiger partial charge on any atom is -0.468 e. The molecule has 0 saturated heterocycles. The number of hydrogen-bond donors (Lipinski definition) is 1. The maximum absolute atomic E-state index is 12.2. The number of carbonyl (C=O) groups is 3. The zero-order chi connectivity index (χ0) is 18.3. The van der Waals surface area contributed by atoms with Gasteiger partial charge in [-0.05, 0) is 26.0 Å². The number of pyridine rings is 1. The van der Waals surface area contributed by atoms with E-state index < -0.39 is 23.4 Å². The second-order valence-electron chi connectivity index (χ2n) is 5.54. The van der Waals surface area contributed by atoms with Crippen molar-refractivity contribution in [1.29, 1.82) is 0 Å². The van der Waals surface area contributed by atoms with Gasteiger partial charge in [-0.25, -0.2) is 0 Å². The minimum absolute atomic E-state index is 0.0484. The lowest BCUT2D eigenvalue weighted by atomic mass is 9.83. The molecule has 0 aliphatic rings. The van der Waals surface area contributed by atoms with Crippen LogP contribution >= 0.6 is 0 Å². The van der Waals surface area contributed by atoms with Gasteiger partial charge in [-0.15, -0.1) is 0 Å². The van der Waals surface area contributed by atoms with Gasteiger partial charge in [0, 0.05) is 25.1 Å². The van der Waals surface area contributed by atoms with Crippen molar-refractivity contribution >= 4 is 23.5 Å². The van der Waals surface area contributed by atoms with E-state index in [2.05, 4.69) is 19.8 Å². The molecule has 1 atom stereocenters. The quantitative estimate of drug-likeness (QED) is 0.567. The third-order valence-electron chi connectivity index (χ3n) is 3.95. The smallest absolute Gasteiger partial charge is 0.325 e. The van der Waals surface area contributed by atoms with Crippen molar-refractivity contribution in [1.82, 2.24) is 10.3 Å². The molecule has 1 N–H and O–H groups in total. The van der Waals surface area contributed by atoms with Crippen LogP contribution in [0.5, 0.6) is 0 Å². The Morgan fingerprint density at radius 2 is 1.71 bits per heavy atom. The van der Waals surface area contributed by atoms with Gasteiger partial charge in [0.2, 0.25) is 5.91 Å². The fraction of sp³-hybridized carbons (Fsp3) is 0.500. The number of aromatic nitrogens is 1. The van der Waals surface area contributed by atoms with Crippen LogP contribution in [0.4, 0.5) is 5.69 Å². The number of likely N-dealkylation sites (N-methyl/N-ethyl adjacent to an activating group) is 1. The summed E-state index contributed by atoms with van der Waals surface area (Å²) in [5.74, 6) is -1.89. The number of ether oxygens (including phenoxy) is 2. The minimum atomic E-state index is -1.63. The number of nitrogens with one attached hydrogen (secondary N) is 1. The van der Waals surface area contributed by atoms with Crippen molar-refractivity contribution in [3.05, 3.63) is 24.5 Å². The molecule has 0 aliphatic carbocycles. The molecule has 1 rings (SSSR count). The summed E-state index contributed by atoms with van der Waals surface area (Å²) in [6.07, 6.45) is 3.25. The molecule has 1 aromatic heterocycles. The Bertz CT molecular complexity index is 575. The summed E-state index contributed by atoms with van der Waals surface area (Å²) in [6, 6.07) is 2.73. The molecule has 0 aromatic carbocycles. The highest BCUT2D eigenvalue weighted by Crippen LogP contribution is 2.25. The zero-order valence-corrected chi connectivity index (χ0v) is 14.5. The summed E-state index contributed by atoms with van der Waals surface area (Å²) >= 11 is 0. The predicted molar refractivity (Wildman–Crippen MR) is 87.3 cm³/mol. The standard InChI is InChI=1S/C16H23N3O5/c1-11(16(2,14(21)23-4)15(22)24-5)18-13(20)10-19(3)12-6-8-17-9-7-12/h6-9,11H,10H2,1-5H3,(H,18,20). The normalized spacial score (nSPS) is 12.0. The number of amides is 1. The van der Waals surface area contributed by atoms with E-state index in [-0.39, 0.29) is 12.5 Å². The highest BCUT2D eigenvalue weighted by molar-refractivity contribution is 6.01. The van der Waals surface area contributed by atoms with Gasteiger partial charge in [0.1, 0.15) is 0 Å². The Morgan fingerprint density at radius 3 is 2.17 bits per heavy atom. The maximum Gasteiger partial charge on any atom is 0.325 e. The number of carbonyl (C=O) groups excluding carboxylic acids is 3. The second-order valence-corrected chi connectivity index (χ2v) is 5.54. The van der Waals surface area contributed by atoms with Crippen LogP contribution in [0.3, 0.4) is 0 Å². The summed E-state index contributed by atoms with van der Waals surface area (Å²) in [4.78, 5) is 41.9. The Morgan fingerprint density at radius 1 is 1.21 bits per heavy atom. The molecular weight excluding hydrogens is 314 g/mol. The molecule has 0 radical (unpaired) electrons. The van der Waals surface area contributed by atoms with Crippen molar-refractivity contribution in [3.63, 3.8) is 0 Å². The van der Waals surface area contributed by atoms with Crippen LogP contribution in [0.25, 0.3) is 0 Å². The Labute approximate surface area is 141 Å². The van der Waals surface area contributed by atoms with Crippen molar-refractivity contribution < 1.29 is 23.9 Å².